The van der Waals surface area contributed by atoms with Gasteiger partial charge in [0, 0.05) is 26.3 Å². The predicted molar refractivity (Wildman–Crippen MR) is 131 cm³/mol. The minimum Gasteiger partial charge on any atom is -0.139 e. The van der Waals surface area contributed by atoms with Crippen molar-refractivity contribution in [2.75, 3.05) is 0 Å². The van der Waals surface area contributed by atoms with Crippen molar-refractivity contribution in [3.63, 3.8) is 0 Å². The Kier molecular flexibility index (Phi) is 3.74. The Morgan fingerprint density at radius 2 is 1.63 bits per heavy atom. The van der Waals surface area contributed by atoms with Crippen LogP contribution in [0.3, 0.4) is 0 Å². The minimum absolute atomic E-state index is 0.0516. The lowest BCUT2D eigenvalue weighted by molar-refractivity contribution is 0.626. The molecule has 0 saturated heterocycles. The van der Waals surface area contributed by atoms with E-state index >= 15 is 0 Å². The first-order valence-corrected chi connectivity index (χ1v) is 11.7. The van der Waals surface area contributed by atoms with Crippen LogP contribution >= 0.6 is 11.3 Å². The fourth-order valence-corrected chi connectivity index (χ4v) is 7.21. The first-order valence-electron chi connectivity index (χ1n) is 10.9. The van der Waals surface area contributed by atoms with Crippen molar-refractivity contribution in [2.45, 2.75) is 39.0 Å². The van der Waals surface area contributed by atoms with Gasteiger partial charge in [-0.25, -0.2) is 0 Å². The molecule has 1 heteroatoms. The summed E-state index contributed by atoms with van der Waals surface area (Å²) >= 11 is 2.00. The number of thiophene rings is 1. The second kappa shape index (κ2) is 6.18. The van der Waals surface area contributed by atoms with E-state index in [1.54, 1.807) is 0 Å². The average Bonchev–Trinajstić information content (AvgIpc) is 3.22. The zero-order valence-corrected chi connectivity index (χ0v) is 18.8. The number of fused-ring (bicyclic) bond motifs is 7. The van der Waals surface area contributed by atoms with Crippen LogP contribution in [0.2, 0.25) is 0 Å². The SMILES string of the molecule is Cc1ccccc1C1c2sc3ccc4c(c3c2C=CC1C)-c1ccccc1C4(C)C. The number of benzene rings is 3. The van der Waals surface area contributed by atoms with Gasteiger partial charge in [-0.15, -0.1) is 11.3 Å². The fourth-order valence-electron chi connectivity index (χ4n) is 5.78. The van der Waals surface area contributed by atoms with Gasteiger partial charge in [-0.05, 0) is 57.9 Å². The summed E-state index contributed by atoms with van der Waals surface area (Å²) in [7, 11) is 0. The molecule has 148 valence electrons. The van der Waals surface area contributed by atoms with Gasteiger partial charge in [0.25, 0.3) is 0 Å². The van der Waals surface area contributed by atoms with E-state index in [0.717, 1.165) is 0 Å². The molecule has 0 saturated carbocycles. The van der Waals surface area contributed by atoms with Gasteiger partial charge < -0.3 is 0 Å². The van der Waals surface area contributed by atoms with Crippen molar-refractivity contribution in [1.82, 2.24) is 0 Å². The zero-order valence-electron chi connectivity index (χ0n) is 18.0. The van der Waals surface area contributed by atoms with Crippen molar-refractivity contribution in [3.05, 3.63) is 99.4 Å². The molecule has 2 aliphatic carbocycles. The monoisotopic (exact) mass is 406 g/mol. The summed E-state index contributed by atoms with van der Waals surface area (Å²) in [6, 6.07) is 22.7. The average molecular weight is 407 g/mol. The maximum atomic E-state index is 2.43. The summed E-state index contributed by atoms with van der Waals surface area (Å²) in [6.45, 7) is 9.36. The highest BCUT2D eigenvalue weighted by molar-refractivity contribution is 7.19. The van der Waals surface area contributed by atoms with E-state index in [2.05, 4.69) is 101 Å². The van der Waals surface area contributed by atoms with Gasteiger partial charge in [0.05, 0.1) is 0 Å². The summed E-state index contributed by atoms with van der Waals surface area (Å²) in [5.41, 5.74) is 10.2. The molecular formula is C29H26S. The molecule has 3 aromatic carbocycles. The highest BCUT2D eigenvalue weighted by atomic mass is 32.1. The van der Waals surface area contributed by atoms with Crippen molar-refractivity contribution in [3.8, 4) is 11.1 Å². The van der Waals surface area contributed by atoms with Gasteiger partial charge in [-0.1, -0.05) is 87.5 Å². The zero-order chi connectivity index (χ0) is 20.6. The van der Waals surface area contributed by atoms with Gasteiger partial charge in [0.15, 0.2) is 0 Å². The summed E-state index contributed by atoms with van der Waals surface area (Å²) < 4.78 is 1.42. The minimum atomic E-state index is 0.0516. The Bertz CT molecular complexity index is 1350. The van der Waals surface area contributed by atoms with Crippen LogP contribution in [0, 0.1) is 12.8 Å². The first kappa shape index (κ1) is 18.2. The third kappa shape index (κ3) is 2.27. The second-order valence-electron chi connectivity index (χ2n) is 9.46. The number of hydrogen-bond donors (Lipinski definition) is 0. The lowest BCUT2D eigenvalue weighted by atomic mass is 9.78. The lowest BCUT2D eigenvalue weighted by Gasteiger charge is -2.27. The van der Waals surface area contributed by atoms with Gasteiger partial charge in [0.1, 0.15) is 0 Å². The molecule has 4 aromatic rings. The van der Waals surface area contributed by atoms with Crippen LogP contribution < -0.4 is 0 Å². The van der Waals surface area contributed by atoms with Crippen LogP contribution in [0.15, 0.2) is 66.7 Å². The normalized spacial score (nSPS) is 20.8. The van der Waals surface area contributed by atoms with E-state index in [-0.39, 0.29) is 5.41 Å². The lowest BCUT2D eigenvalue weighted by Crippen LogP contribution is -2.14. The third-order valence-corrected chi connectivity index (χ3v) is 8.62. The first-order chi connectivity index (χ1) is 14.5. The molecule has 0 nitrogen and oxygen atoms in total. The second-order valence-corrected chi connectivity index (χ2v) is 10.5. The van der Waals surface area contributed by atoms with Crippen LogP contribution in [-0.2, 0) is 5.41 Å². The molecule has 6 rings (SSSR count). The predicted octanol–water partition coefficient (Wildman–Crippen LogP) is 8.31. The Morgan fingerprint density at radius 1 is 0.867 bits per heavy atom. The molecule has 1 aromatic heterocycles. The molecule has 2 unspecified atom stereocenters. The molecule has 0 spiro atoms. The standard InChI is InChI=1S/C29H26S/c1-17-9-5-6-10-19(17)25-18(2)13-14-21-27-24(30-28(21)25)16-15-23-26(27)20-11-7-8-12-22(20)29(23,3)4/h5-16,18,25H,1-4H3. The number of allylic oxidation sites excluding steroid dienone is 1. The number of aryl methyl sites for hydroxylation is 1. The van der Waals surface area contributed by atoms with Crippen LogP contribution in [-0.4, -0.2) is 0 Å². The molecule has 1 heterocycles. The molecule has 2 aliphatic rings. The van der Waals surface area contributed by atoms with E-state index in [9.17, 15) is 0 Å². The summed E-state index contributed by atoms with van der Waals surface area (Å²) in [6.07, 6.45) is 4.83. The quantitative estimate of drug-likeness (QED) is 0.298. The smallest absolute Gasteiger partial charge is 0.0358 e. The van der Waals surface area contributed by atoms with E-state index in [1.165, 1.54) is 53.9 Å². The van der Waals surface area contributed by atoms with Gasteiger partial charge >= 0.3 is 0 Å². The van der Waals surface area contributed by atoms with Crippen LogP contribution in [0.4, 0.5) is 0 Å². The van der Waals surface area contributed by atoms with E-state index < -0.39 is 0 Å². The number of rotatable bonds is 1. The molecule has 0 N–H and O–H groups in total. The largest absolute Gasteiger partial charge is 0.139 e. The molecule has 0 amide bonds. The van der Waals surface area contributed by atoms with Crippen molar-refractivity contribution >= 4 is 27.5 Å². The van der Waals surface area contributed by atoms with Crippen molar-refractivity contribution < 1.29 is 0 Å². The van der Waals surface area contributed by atoms with Crippen molar-refractivity contribution in [2.24, 2.45) is 5.92 Å². The Morgan fingerprint density at radius 3 is 2.47 bits per heavy atom. The maximum absolute atomic E-state index is 2.43. The number of hydrogen-bond acceptors (Lipinski definition) is 1. The summed E-state index contributed by atoms with van der Waals surface area (Å²) in [5, 5.41) is 1.47. The topological polar surface area (TPSA) is 0 Å². The van der Waals surface area contributed by atoms with E-state index in [4.69, 9.17) is 0 Å². The Labute approximate surface area is 182 Å². The van der Waals surface area contributed by atoms with E-state index in [0.29, 0.717) is 11.8 Å². The van der Waals surface area contributed by atoms with Crippen LogP contribution in [0.25, 0.3) is 27.3 Å². The van der Waals surface area contributed by atoms with Gasteiger partial charge in [-0.2, -0.15) is 0 Å². The molecule has 2 atom stereocenters. The molecule has 30 heavy (non-hydrogen) atoms. The maximum Gasteiger partial charge on any atom is 0.0358 e. The van der Waals surface area contributed by atoms with Crippen LogP contribution in [0.1, 0.15) is 59.4 Å². The van der Waals surface area contributed by atoms with E-state index in [1.807, 2.05) is 11.3 Å². The van der Waals surface area contributed by atoms with Crippen molar-refractivity contribution in [1.29, 1.82) is 0 Å². The highest BCUT2D eigenvalue weighted by Gasteiger charge is 2.38. The fraction of sp³-hybridized carbons (Fsp3) is 0.241. The Hall–Kier alpha value is -2.64. The molecule has 0 bridgehead atoms. The highest BCUT2D eigenvalue weighted by Crippen LogP contribution is 2.55. The molecule has 0 radical (unpaired) electrons. The summed E-state index contributed by atoms with van der Waals surface area (Å²) in [5.74, 6) is 0.937. The molecule has 0 aliphatic heterocycles. The molecular weight excluding hydrogens is 380 g/mol. The van der Waals surface area contributed by atoms with Gasteiger partial charge in [-0.3, -0.25) is 0 Å². The van der Waals surface area contributed by atoms with Gasteiger partial charge in [0.2, 0.25) is 0 Å². The third-order valence-electron chi connectivity index (χ3n) is 7.36. The summed E-state index contributed by atoms with van der Waals surface area (Å²) in [4.78, 5) is 1.53. The Balaban J connectivity index is 1.69. The molecule has 0 fully saturated rings. The van der Waals surface area contributed by atoms with Crippen LogP contribution in [0.5, 0.6) is 0 Å².